The Bertz CT molecular complexity index is 217. The van der Waals surface area contributed by atoms with Crippen molar-refractivity contribution in [3.63, 3.8) is 0 Å². The van der Waals surface area contributed by atoms with Crippen LogP contribution in [0.4, 0.5) is 0 Å². The fourth-order valence-electron chi connectivity index (χ4n) is 1.33. The number of hydrogen-bond acceptors (Lipinski definition) is 3. The Labute approximate surface area is 87.3 Å². The van der Waals surface area contributed by atoms with E-state index in [0.29, 0.717) is 18.1 Å². The van der Waals surface area contributed by atoms with Gasteiger partial charge in [0, 0.05) is 48.9 Å². The van der Waals surface area contributed by atoms with Crippen LogP contribution in [0, 0.1) is 5.92 Å². The van der Waals surface area contributed by atoms with E-state index in [-0.39, 0.29) is 5.91 Å². The van der Waals surface area contributed by atoms with E-state index in [0.717, 1.165) is 25.3 Å². The second kappa shape index (κ2) is 6.14. The molecule has 2 N–H and O–H groups in total. The number of carbonyl (C=O) groups excluding carboxylic acids is 1. The summed E-state index contributed by atoms with van der Waals surface area (Å²) in [5.41, 5.74) is 0. The molecule has 0 aromatic rings. The van der Waals surface area contributed by atoms with Gasteiger partial charge in [0.1, 0.15) is 0 Å². The summed E-state index contributed by atoms with van der Waals surface area (Å²) in [6.45, 7) is 2.00. The predicted molar refractivity (Wildman–Crippen MR) is 57.5 cm³/mol. The van der Waals surface area contributed by atoms with Crippen molar-refractivity contribution >= 4 is 16.7 Å². The zero-order chi connectivity index (χ0) is 10.4. The summed E-state index contributed by atoms with van der Waals surface area (Å²) in [6.07, 6.45) is 1.22. The lowest BCUT2D eigenvalue weighted by molar-refractivity contribution is -0.120. The number of amides is 1. The second-order valence-corrected chi connectivity index (χ2v) is 5.23. The average Bonchev–Trinajstić information content (AvgIpc) is 2.11. The molecule has 1 atom stereocenters. The van der Waals surface area contributed by atoms with Crippen molar-refractivity contribution in [1.82, 2.24) is 10.6 Å². The number of nitrogens with one attached hydrogen (secondary N) is 2. The largest absolute Gasteiger partial charge is 0.359 e. The van der Waals surface area contributed by atoms with E-state index in [2.05, 4.69) is 10.6 Å². The topological polar surface area (TPSA) is 58.2 Å². The smallest absolute Gasteiger partial charge is 0.219 e. The lowest BCUT2D eigenvalue weighted by Gasteiger charge is -2.26. The Hall–Kier alpha value is -0.420. The Kier molecular flexibility index (Phi) is 5.11. The second-order valence-electron chi connectivity index (χ2n) is 3.61. The zero-order valence-electron chi connectivity index (χ0n) is 8.54. The standard InChI is InChI=1S/C9H18N2O2S/c1-10-9(12)3-2-4-14(13)7-8-5-11-6-8/h8,11H,2-7H2,1H3,(H,10,12). The summed E-state index contributed by atoms with van der Waals surface area (Å²) in [5.74, 6) is 2.08. The highest BCUT2D eigenvalue weighted by Gasteiger charge is 2.18. The first-order chi connectivity index (χ1) is 6.72. The van der Waals surface area contributed by atoms with Gasteiger partial charge in [0.25, 0.3) is 0 Å². The van der Waals surface area contributed by atoms with Gasteiger partial charge in [0.05, 0.1) is 0 Å². The first-order valence-corrected chi connectivity index (χ1v) is 6.47. The number of hydrogen-bond donors (Lipinski definition) is 2. The van der Waals surface area contributed by atoms with Gasteiger partial charge in [-0.3, -0.25) is 9.00 Å². The van der Waals surface area contributed by atoms with Crippen molar-refractivity contribution in [2.75, 3.05) is 31.6 Å². The maximum absolute atomic E-state index is 11.5. The van der Waals surface area contributed by atoms with Crippen LogP contribution in [-0.2, 0) is 15.6 Å². The molecule has 1 aliphatic rings. The number of rotatable bonds is 6. The van der Waals surface area contributed by atoms with E-state index in [4.69, 9.17) is 0 Å². The minimum Gasteiger partial charge on any atom is -0.359 e. The monoisotopic (exact) mass is 218 g/mol. The van der Waals surface area contributed by atoms with Gasteiger partial charge < -0.3 is 10.6 Å². The van der Waals surface area contributed by atoms with Crippen molar-refractivity contribution in [1.29, 1.82) is 0 Å². The Balaban J connectivity index is 1.99. The van der Waals surface area contributed by atoms with Crippen LogP contribution in [0.15, 0.2) is 0 Å². The van der Waals surface area contributed by atoms with Gasteiger partial charge in [0.2, 0.25) is 5.91 Å². The molecule has 1 heterocycles. The molecule has 4 nitrogen and oxygen atoms in total. The molecule has 1 rings (SSSR count). The van der Waals surface area contributed by atoms with E-state index < -0.39 is 10.8 Å². The van der Waals surface area contributed by atoms with Gasteiger partial charge >= 0.3 is 0 Å². The fourth-order valence-corrected chi connectivity index (χ4v) is 2.73. The van der Waals surface area contributed by atoms with E-state index in [9.17, 15) is 9.00 Å². The van der Waals surface area contributed by atoms with Gasteiger partial charge in [0.15, 0.2) is 0 Å². The lowest BCUT2D eigenvalue weighted by atomic mass is 10.1. The van der Waals surface area contributed by atoms with Crippen molar-refractivity contribution < 1.29 is 9.00 Å². The van der Waals surface area contributed by atoms with Crippen molar-refractivity contribution in [2.24, 2.45) is 5.92 Å². The Morgan fingerprint density at radius 1 is 1.57 bits per heavy atom. The molecule has 0 saturated carbocycles. The van der Waals surface area contributed by atoms with E-state index >= 15 is 0 Å². The van der Waals surface area contributed by atoms with Crippen LogP contribution in [0.5, 0.6) is 0 Å². The SMILES string of the molecule is CNC(=O)CCCS(=O)CC1CNC1. The van der Waals surface area contributed by atoms with Crippen LogP contribution in [0.1, 0.15) is 12.8 Å². The van der Waals surface area contributed by atoms with Crippen LogP contribution >= 0.6 is 0 Å². The average molecular weight is 218 g/mol. The fraction of sp³-hybridized carbons (Fsp3) is 0.889. The number of carbonyl (C=O) groups is 1. The molecule has 1 saturated heterocycles. The molecular formula is C9H18N2O2S. The van der Waals surface area contributed by atoms with Crippen molar-refractivity contribution in [2.45, 2.75) is 12.8 Å². The van der Waals surface area contributed by atoms with Gasteiger partial charge in [-0.2, -0.15) is 0 Å². The first kappa shape index (κ1) is 11.7. The molecule has 0 aromatic heterocycles. The molecular weight excluding hydrogens is 200 g/mol. The normalized spacial score (nSPS) is 18.6. The van der Waals surface area contributed by atoms with Crippen molar-refractivity contribution in [3.05, 3.63) is 0 Å². The zero-order valence-corrected chi connectivity index (χ0v) is 9.36. The summed E-state index contributed by atoms with van der Waals surface area (Å²) in [4.78, 5) is 10.9. The molecule has 0 aromatic carbocycles. The van der Waals surface area contributed by atoms with Crippen LogP contribution in [0.25, 0.3) is 0 Å². The van der Waals surface area contributed by atoms with Gasteiger partial charge in [-0.05, 0) is 12.3 Å². The van der Waals surface area contributed by atoms with E-state index in [1.54, 1.807) is 7.05 Å². The third kappa shape index (κ3) is 4.19. The molecule has 5 heteroatoms. The minimum atomic E-state index is -0.737. The summed E-state index contributed by atoms with van der Waals surface area (Å²) in [6, 6.07) is 0. The van der Waals surface area contributed by atoms with Crippen LogP contribution in [0.3, 0.4) is 0 Å². The molecule has 1 aliphatic heterocycles. The first-order valence-electron chi connectivity index (χ1n) is 4.98. The van der Waals surface area contributed by atoms with Crippen LogP contribution in [-0.4, -0.2) is 41.8 Å². The summed E-state index contributed by atoms with van der Waals surface area (Å²) < 4.78 is 11.5. The summed E-state index contributed by atoms with van der Waals surface area (Å²) in [5, 5.41) is 5.71. The molecule has 1 unspecified atom stereocenters. The quantitative estimate of drug-likeness (QED) is 0.631. The third-order valence-electron chi connectivity index (χ3n) is 2.34. The molecule has 0 spiro atoms. The van der Waals surface area contributed by atoms with Gasteiger partial charge in [-0.1, -0.05) is 0 Å². The van der Waals surface area contributed by atoms with E-state index in [1.165, 1.54) is 0 Å². The molecule has 1 amide bonds. The molecule has 0 aliphatic carbocycles. The summed E-state index contributed by atoms with van der Waals surface area (Å²) in [7, 11) is 0.887. The van der Waals surface area contributed by atoms with Gasteiger partial charge in [-0.25, -0.2) is 0 Å². The molecule has 0 bridgehead atoms. The van der Waals surface area contributed by atoms with Gasteiger partial charge in [-0.15, -0.1) is 0 Å². The van der Waals surface area contributed by atoms with Crippen LogP contribution < -0.4 is 10.6 Å². The highest BCUT2D eigenvalue weighted by Crippen LogP contribution is 2.06. The molecule has 14 heavy (non-hydrogen) atoms. The Morgan fingerprint density at radius 2 is 2.29 bits per heavy atom. The highest BCUT2D eigenvalue weighted by atomic mass is 32.2. The maximum atomic E-state index is 11.5. The molecule has 1 fully saturated rings. The minimum absolute atomic E-state index is 0.0345. The highest BCUT2D eigenvalue weighted by molar-refractivity contribution is 7.84. The Morgan fingerprint density at radius 3 is 2.79 bits per heavy atom. The maximum Gasteiger partial charge on any atom is 0.219 e. The third-order valence-corrected chi connectivity index (χ3v) is 3.93. The summed E-state index contributed by atoms with van der Waals surface area (Å²) >= 11 is 0. The molecule has 82 valence electrons. The lowest BCUT2D eigenvalue weighted by Crippen LogP contribution is -2.45. The van der Waals surface area contributed by atoms with E-state index in [1.807, 2.05) is 0 Å². The van der Waals surface area contributed by atoms with Crippen molar-refractivity contribution in [3.8, 4) is 0 Å². The molecule has 0 radical (unpaired) electrons. The van der Waals surface area contributed by atoms with Crippen LogP contribution in [0.2, 0.25) is 0 Å². The predicted octanol–water partition coefficient (Wildman–Crippen LogP) is -0.519.